The highest BCUT2D eigenvalue weighted by molar-refractivity contribution is 9.10. The standard InChI is InChI=1S/C16H15BrN2O2S/c1-10-11(2)18-16-14(10)4-3-5-15(16)19-22(20,21)13-8-6-12(17)7-9-13/h3-9,18-19H,1-2H3. The van der Waals surface area contributed by atoms with E-state index >= 15 is 0 Å². The van der Waals surface area contributed by atoms with Crippen molar-refractivity contribution in [3.63, 3.8) is 0 Å². The molecule has 0 aliphatic carbocycles. The number of halogens is 1. The van der Waals surface area contributed by atoms with Crippen molar-refractivity contribution in [2.75, 3.05) is 4.72 Å². The molecule has 1 aromatic heterocycles. The van der Waals surface area contributed by atoms with Gasteiger partial charge in [-0.15, -0.1) is 0 Å². The van der Waals surface area contributed by atoms with Crippen LogP contribution in [-0.4, -0.2) is 13.4 Å². The van der Waals surface area contributed by atoms with Crippen LogP contribution in [0.15, 0.2) is 51.8 Å². The van der Waals surface area contributed by atoms with Crippen LogP contribution in [0.4, 0.5) is 5.69 Å². The second kappa shape index (κ2) is 5.44. The Morgan fingerprint density at radius 3 is 2.41 bits per heavy atom. The SMILES string of the molecule is Cc1[nH]c2c(NS(=O)(=O)c3ccc(Br)cc3)cccc2c1C. The fourth-order valence-corrected chi connectivity index (χ4v) is 3.72. The van der Waals surface area contributed by atoms with E-state index in [0.717, 1.165) is 26.6 Å². The van der Waals surface area contributed by atoms with E-state index in [1.807, 2.05) is 26.0 Å². The molecule has 0 aliphatic heterocycles. The van der Waals surface area contributed by atoms with Crippen molar-refractivity contribution in [3.8, 4) is 0 Å². The number of sulfonamides is 1. The number of nitrogens with one attached hydrogen (secondary N) is 2. The molecule has 0 unspecified atom stereocenters. The van der Waals surface area contributed by atoms with Crippen molar-refractivity contribution in [1.82, 2.24) is 4.98 Å². The molecule has 0 radical (unpaired) electrons. The molecule has 3 rings (SSSR count). The van der Waals surface area contributed by atoms with Crippen LogP contribution in [0.5, 0.6) is 0 Å². The first-order valence-electron chi connectivity index (χ1n) is 6.75. The van der Waals surface area contributed by atoms with Crippen LogP contribution in [0.25, 0.3) is 10.9 Å². The third-order valence-electron chi connectivity index (χ3n) is 3.71. The Hall–Kier alpha value is -1.79. The number of H-pyrrole nitrogens is 1. The summed E-state index contributed by atoms with van der Waals surface area (Å²) in [4.78, 5) is 3.47. The summed E-state index contributed by atoms with van der Waals surface area (Å²) in [5, 5.41) is 1.02. The van der Waals surface area contributed by atoms with Gasteiger partial charge in [-0.3, -0.25) is 4.72 Å². The summed E-state index contributed by atoms with van der Waals surface area (Å²) in [5.74, 6) is 0. The fraction of sp³-hybridized carbons (Fsp3) is 0.125. The van der Waals surface area contributed by atoms with Gasteiger partial charge in [0, 0.05) is 15.6 Å². The van der Waals surface area contributed by atoms with Gasteiger partial charge in [0.05, 0.1) is 16.1 Å². The number of hydrogen-bond acceptors (Lipinski definition) is 2. The van der Waals surface area contributed by atoms with Crippen molar-refractivity contribution < 1.29 is 8.42 Å². The summed E-state index contributed by atoms with van der Waals surface area (Å²) in [6, 6.07) is 12.1. The van der Waals surface area contributed by atoms with E-state index in [0.29, 0.717) is 5.69 Å². The minimum atomic E-state index is -3.62. The molecular weight excluding hydrogens is 364 g/mol. The maximum Gasteiger partial charge on any atom is 0.261 e. The maximum atomic E-state index is 12.5. The van der Waals surface area contributed by atoms with E-state index < -0.39 is 10.0 Å². The molecule has 6 heteroatoms. The van der Waals surface area contributed by atoms with Gasteiger partial charge in [-0.05, 0) is 49.7 Å². The average molecular weight is 379 g/mol. The summed E-state index contributed by atoms with van der Waals surface area (Å²) in [6.45, 7) is 3.99. The number of para-hydroxylation sites is 1. The normalized spacial score (nSPS) is 11.8. The summed E-state index contributed by atoms with van der Waals surface area (Å²) in [7, 11) is -3.62. The minimum Gasteiger partial charge on any atom is -0.357 e. The Bertz CT molecular complexity index is 944. The molecular formula is C16H15BrN2O2S. The van der Waals surface area contributed by atoms with E-state index in [2.05, 4.69) is 25.6 Å². The highest BCUT2D eigenvalue weighted by Crippen LogP contribution is 2.29. The highest BCUT2D eigenvalue weighted by Gasteiger charge is 2.16. The molecule has 114 valence electrons. The Labute approximate surface area is 137 Å². The Kier molecular flexibility index (Phi) is 3.74. The van der Waals surface area contributed by atoms with Crippen LogP contribution in [0.3, 0.4) is 0 Å². The topological polar surface area (TPSA) is 62.0 Å². The van der Waals surface area contributed by atoms with Crippen LogP contribution >= 0.6 is 15.9 Å². The zero-order chi connectivity index (χ0) is 15.9. The number of aromatic amines is 1. The highest BCUT2D eigenvalue weighted by atomic mass is 79.9. The monoisotopic (exact) mass is 378 g/mol. The summed E-state index contributed by atoms with van der Waals surface area (Å²) in [6.07, 6.45) is 0. The molecule has 0 saturated heterocycles. The van der Waals surface area contributed by atoms with E-state index in [1.165, 1.54) is 0 Å². The Morgan fingerprint density at radius 1 is 1.05 bits per heavy atom. The van der Waals surface area contributed by atoms with Gasteiger partial charge in [0.25, 0.3) is 10.0 Å². The second-order valence-electron chi connectivity index (χ2n) is 5.16. The van der Waals surface area contributed by atoms with Gasteiger partial charge in [0.2, 0.25) is 0 Å². The van der Waals surface area contributed by atoms with Gasteiger partial charge < -0.3 is 4.98 Å². The van der Waals surface area contributed by atoms with Crippen LogP contribution < -0.4 is 4.72 Å². The number of rotatable bonds is 3. The lowest BCUT2D eigenvalue weighted by Gasteiger charge is -2.09. The lowest BCUT2D eigenvalue weighted by atomic mass is 10.1. The molecule has 2 N–H and O–H groups in total. The molecule has 4 nitrogen and oxygen atoms in total. The van der Waals surface area contributed by atoms with Crippen molar-refractivity contribution >= 4 is 42.5 Å². The lowest BCUT2D eigenvalue weighted by Crippen LogP contribution is -2.13. The predicted molar refractivity (Wildman–Crippen MR) is 92.7 cm³/mol. The number of benzene rings is 2. The third kappa shape index (κ3) is 2.64. The molecule has 0 fully saturated rings. The molecule has 3 aromatic rings. The Morgan fingerprint density at radius 2 is 1.73 bits per heavy atom. The second-order valence-corrected chi connectivity index (χ2v) is 7.76. The Balaban J connectivity index is 2.06. The predicted octanol–water partition coefficient (Wildman–Crippen LogP) is 4.35. The number of aryl methyl sites for hydroxylation is 2. The van der Waals surface area contributed by atoms with E-state index in [-0.39, 0.29) is 4.90 Å². The van der Waals surface area contributed by atoms with Gasteiger partial charge in [-0.2, -0.15) is 0 Å². The van der Waals surface area contributed by atoms with Gasteiger partial charge in [-0.1, -0.05) is 28.1 Å². The summed E-state index contributed by atoms with van der Waals surface area (Å²) >= 11 is 3.30. The molecule has 22 heavy (non-hydrogen) atoms. The van der Waals surface area contributed by atoms with Gasteiger partial charge in [0.15, 0.2) is 0 Å². The molecule has 0 amide bonds. The average Bonchev–Trinajstić information content (AvgIpc) is 2.76. The van der Waals surface area contributed by atoms with Crippen molar-refractivity contribution in [1.29, 1.82) is 0 Å². The van der Waals surface area contributed by atoms with E-state index in [4.69, 9.17) is 0 Å². The fourth-order valence-electron chi connectivity index (χ4n) is 2.39. The van der Waals surface area contributed by atoms with Crippen LogP contribution in [0.1, 0.15) is 11.3 Å². The molecule has 0 saturated carbocycles. The quantitative estimate of drug-likeness (QED) is 0.711. The molecule has 0 atom stereocenters. The molecule has 1 heterocycles. The molecule has 0 aliphatic rings. The molecule has 2 aromatic carbocycles. The van der Waals surface area contributed by atoms with E-state index in [1.54, 1.807) is 30.3 Å². The van der Waals surface area contributed by atoms with Crippen LogP contribution in [-0.2, 0) is 10.0 Å². The van der Waals surface area contributed by atoms with Gasteiger partial charge >= 0.3 is 0 Å². The van der Waals surface area contributed by atoms with Crippen LogP contribution in [0.2, 0.25) is 0 Å². The maximum absolute atomic E-state index is 12.5. The summed E-state index contributed by atoms with van der Waals surface area (Å²) in [5.41, 5.74) is 3.51. The van der Waals surface area contributed by atoms with Gasteiger partial charge in [-0.25, -0.2) is 8.42 Å². The van der Waals surface area contributed by atoms with Crippen molar-refractivity contribution in [2.45, 2.75) is 18.7 Å². The lowest BCUT2D eigenvalue weighted by molar-refractivity contribution is 0.601. The third-order valence-corrected chi connectivity index (χ3v) is 5.62. The van der Waals surface area contributed by atoms with Crippen molar-refractivity contribution in [2.24, 2.45) is 0 Å². The molecule has 0 spiro atoms. The zero-order valence-corrected chi connectivity index (χ0v) is 14.5. The first-order valence-corrected chi connectivity index (χ1v) is 9.02. The molecule has 0 bridgehead atoms. The smallest absolute Gasteiger partial charge is 0.261 e. The number of aromatic nitrogens is 1. The largest absolute Gasteiger partial charge is 0.357 e. The van der Waals surface area contributed by atoms with Gasteiger partial charge in [0.1, 0.15) is 0 Å². The first-order chi connectivity index (χ1) is 10.4. The van der Waals surface area contributed by atoms with Crippen molar-refractivity contribution in [3.05, 3.63) is 58.2 Å². The minimum absolute atomic E-state index is 0.229. The number of hydrogen-bond donors (Lipinski definition) is 2. The summed E-state index contributed by atoms with van der Waals surface area (Å²) < 4.78 is 28.5. The number of anilines is 1. The van der Waals surface area contributed by atoms with Crippen LogP contribution in [0, 0.1) is 13.8 Å². The first kappa shape index (κ1) is 15.1. The van der Waals surface area contributed by atoms with E-state index in [9.17, 15) is 8.42 Å². The number of fused-ring (bicyclic) bond motifs is 1. The zero-order valence-electron chi connectivity index (χ0n) is 12.1.